The van der Waals surface area contributed by atoms with Crippen LogP contribution in [0, 0.1) is 13.8 Å². The van der Waals surface area contributed by atoms with E-state index in [1.54, 1.807) is 0 Å². The number of hydrogen-bond acceptors (Lipinski definition) is 5. The second-order valence-electron chi connectivity index (χ2n) is 7.20. The van der Waals surface area contributed by atoms with Gasteiger partial charge in [-0.3, -0.25) is 4.79 Å². The van der Waals surface area contributed by atoms with Crippen molar-refractivity contribution in [2.75, 3.05) is 20.7 Å². The normalized spacial score (nSPS) is 14.3. The Bertz CT molecular complexity index is 1030. The Balaban J connectivity index is 1.71. The van der Waals surface area contributed by atoms with E-state index in [0.717, 1.165) is 28.5 Å². The van der Waals surface area contributed by atoms with Crippen molar-refractivity contribution < 1.29 is 22.7 Å². The Morgan fingerprint density at radius 2 is 1.86 bits per heavy atom. The summed E-state index contributed by atoms with van der Waals surface area (Å²) < 4.78 is 32.8. The molecule has 1 aliphatic rings. The second-order valence-corrected chi connectivity index (χ2v) is 9.35. The summed E-state index contributed by atoms with van der Waals surface area (Å²) in [5.74, 6) is -1.01. The van der Waals surface area contributed by atoms with Crippen LogP contribution in [0.2, 0.25) is 0 Å². The standard InChI is InChI=1S/C20H24N2O5S/c1-13-10-18(14(2)22(13)16-8-9-16)19(23)12-27-20(24)15-6-5-7-17(11-15)28(25,26)21(3)4/h5-7,10-11,16H,8-9,12H2,1-4H3. The highest BCUT2D eigenvalue weighted by Gasteiger charge is 2.28. The second kappa shape index (κ2) is 7.52. The molecule has 1 aromatic heterocycles. The molecule has 28 heavy (non-hydrogen) atoms. The maximum atomic E-state index is 12.5. The molecule has 7 nitrogen and oxygen atoms in total. The van der Waals surface area contributed by atoms with E-state index in [1.807, 2.05) is 19.9 Å². The molecule has 1 aliphatic carbocycles. The first kappa shape index (κ1) is 20.3. The number of ether oxygens (including phenoxy) is 1. The van der Waals surface area contributed by atoms with Gasteiger partial charge in [-0.05, 0) is 51.0 Å². The molecule has 0 amide bonds. The van der Waals surface area contributed by atoms with Crippen LogP contribution >= 0.6 is 0 Å². The van der Waals surface area contributed by atoms with Crippen molar-refractivity contribution in [3.63, 3.8) is 0 Å². The van der Waals surface area contributed by atoms with Crippen LogP contribution in [0.3, 0.4) is 0 Å². The zero-order valence-electron chi connectivity index (χ0n) is 16.4. The summed E-state index contributed by atoms with van der Waals surface area (Å²) in [7, 11) is -0.834. The summed E-state index contributed by atoms with van der Waals surface area (Å²) >= 11 is 0. The van der Waals surface area contributed by atoms with Crippen molar-refractivity contribution in [2.24, 2.45) is 0 Å². The van der Waals surface area contributed by atoms with Gasteiger partial charge in [-0.2, -0.15) is 0 Å². The lowest BCUT2D eigenvalue weighted by molar-refractivity contribution is 0.0474. The van der Waals surface area contributed by atoms with E-state index in [4.69, 9.17) is 4.74 Å². The van der Waals surface area contributed by atoms with E-state index in [2.05, 4.69) is 4.57 Å². The topological polar surface area (TPSA) is 85.7 Å². The average Bonchev–Trinajstić information content (AvgIpc) is 3.44. The van der Waals surface area contributed by atoms with Crippen LogP contribution < -0.4 is 0 Å². The van der Waals surface area contributed by atoms with Crippen molar-refractivity contribution in [2.45, 2.75) is 37.6 Å². The number of ketones is 1. The third kappa shape index (κ3) is 3.88. The van der Waals surface area contributed by atoms with Crippen molar-refractivity contribution in [1.82, 2.24) is 8.87 Å². The van der Waals surface area contributed by atoms with Crippen LogP contribution in [-0.4, -0.2) is 49.7 Å². The Kier molecular flexibility index (Phi) is 5.45. The number of sulfonamides is 1. The number of carbonyl (C=O) groups is 2. The zero-order chi connectivity index (χ0) is 20.6. The molecule has 0 aliphatic heterocycles. The van der Waals surface area contributed by atoms with E-state index in [0.29, 0.717) is 11.6 Å². The predicted molar refractivity (Wildman–Crippen MR) is 104 cm³/mol. The van der Waals surface area contributed by atoms with Crippen LogP contribution in [0.25, 0.3) is 0 Å². The van der Waals surface area contributed by atoms with Crippen LogP contribution in [-0.2, 0) is 14.8 Å². The van der Waals surface area contributed by atoms with E-state index >= 15 is 0 Å². The summed E-state index contributed by atoms with van der Waals surface area (Å²) in [4.78, 5) is 24.8. The number of aryl methyl sites for hydroxylation is 1. The van der Waals surface area contributed by atoms with Gasteiger partial charge in [0.25, 0.3) is 0 Å². The van der Waals surface area contributed by atoms with Crippen LogP contribution in [0.15, 0.2) is 35.2 Å². The van der Waals surface area contributed by atoms with Crippen LogP contribution in [0.4, 0.5) is 0 Å². The molecular weight excluding hydrogens is 380 g/mol. The van der Waals surface area contributed by atoms with Gasteiger partial charge in [0.05, 0.1) is 10.5 Å². The lowest BCUT2D eigenvalue weighted by Crippen LogP contribution is -2.22. The fourth-order valence-electron chi connectivity index (χ4n) is 3.24. The summed E-state index contributed by atoms with van der Waals surface area (Å²) in [5, 5.41) is 0. The number of benzene rings is 1. The molecule has 0 saturated heterocycles. The van der Waals surface area contributed by atoms with Gasteiger partial charge in [-0.25, -0.2) is 17.5 Å². The van der Waals surface area contributed by atoms with Crippen LogP contribution in [0.1, 0.15) is 51.0 Å². The fraction of sp³-hybridized carbons (Fsp3) is 0.400. The first-order valence-corrected chi connectivity index (χ1v) is 10.5. The molecule has 8 heteroatoms. The molecule has 1 saturated carbocycles. The van der Waals surface area contributed by atoms with E-state index in [9.17, 15) is 18.0 Å². The maximum Gasteiger partial charge on any atom is 0.338 e. The Morgan fingerprint density at radius 3 is 2.46 bits per heavy atom. The van der Waals surface area contributed by atoms with Gasteiger partial charge in [0, 0.05) is 37.1 Å². The predicted octanol–water partition coefficient (Wildman–Crippen LogP) is 2.73. The highest BCUT2D eigenvalue weighted by atomic mass is 32.2. The third-order valence-electron chi connectivity index (χ3n) is 4.88. The highest BCUT2D eigenvalue weighted by molar-refractivity contribution is 7.89. The summed E-state index contributed by atoms with van der Waals surface area (Å²) in [6.45, 7) is 3.47. The SMILES string of the molecule is Cc1cc(C(=O)COC(=O)c2cccc(S(=O)(=O)N(C)C)c2)c(C)n1C1CC1. The number of aromatic nitrogens is 1. The number of esters is 1. The molecule has 0 bridgehead atoms. The highest BCUT2D eigenvalue weighted by Crippen LogP contribution is 2.38. The molecule has 150 valence electrons. The molecule has 2 aromatic rings. The van der Waals surface area contributed by atoms with Gasteiger partial charge in [0.15, 0.2) is 6.61 Å². The van der Waals surface area contributed by atoms with E-state index in [-0.39, 0.29) is 16.2 Å². The number of carbonyl (C=O) groups excluding carboxylic acids is 2. The van der Waals surface area contributed by atoms with E-state index < -0.39 is 22.6 Å². The molecule has 1 aromatic carbocycles. The first-order chi connectivity index (χ1) is 13.1. The smallest absolute Gasteiger partial charge is 0.338 e. The molecule has 0 unspecified atom stereocenters. The fourth-order valence-corrected chi connectivity index (χ4v) is 4.19. The van der Waals surface area contributed by atoms with Crippen molar-refractivity contribution in [3.8, 4) is 0 Å². The molecule has 1 heterocycles. The Labute approximate surface area is 165 Å². The van der Waals surface area contributed by atoms with Gasteiger partial charge >= 0.3 is 5.97 Å². The van der Waals surface area contributed by atoms with Gasteiger partial charge in [0.2, 0.25) is 15.8 Å². The minimum Gasteiger partial charge on any atom is -0.454 e. The monoisotopic (exact) mass is 404 g/mol. The van der Waals surface area contributed by atoms with Crippen molar-refractivity contribution in [1.29, 1.82) is 0 Å². The maximum absolute atomic E-state index is 12.5. The molecule has 0 atom stereocenters. The third-order valence-corrected chi connectivity index (χ3v) is 6.69. The number of Topliss-reactive ketones (excluding diaryl/α,β-unsaturated/α-hetero) is 1. The molecule has 0 N–H and O–H groups in total. The molecular formula is C20H24N2O5S. The Morgan fingerprint density at radius 1 is 1.18 bits per heavy atom. The largest absolute Gasteiger partial charge is 0.454 e. The molecule has 3 rings (SSSR count). The van der Waals surface area contributed by atoms with Crippen molar-refractivity contribution in [3.05, 3.63) is 52.8 Å². The van der Waals surface area contributed by atoms with E-state index in [1.165, 1.54) is 38.4 Å². The van der Waals surface area contributed by atoms with Gasteiger partial charge < -0.3 is 9.30 Å². The lowest BCUT2D eigenvalue weighted by Gasteiger charge is -2.12. The number of nitrogens with zero attached hydrogens (tertiary/aromatic N) is 2. The quantitative estimate of drug-likeness (QED) is 0.523. The number of hydrogen-bond donors (Lipinski definition) is 0. The number of rotatable bonds is 7. The first-order valence-electron chi connectivity index (χ1n) is 9.04. The minimum absolute atomic E-state index is 0.00810. The molecule has 1 fully saturated rings. The van der Waals surface area contributed by atoms with Crippen LogP contribution in [0.5, 0.6) is 0 Å². The molecule has 0 radical (unpaired) electrons. The zero-order valence-corrected chi connectivity index (χ0v) is 17.2. The lowest BCUT2D eigenvalue weighted by atomic mass is 10.1. The minimum atomic E-state index is -3.66. The van der Waals surface area contributed by atoms with Crippen molar-refractivity contribution >= 4 is 21.8 Å². The Hall–Kier alpha value is -2.45. The summed E-state index contributed by atoms with van der Waals surface area (Å²) in [6.07, 6.45) is 2.23. The average molecular weight is 404 g/mol. The van der Waals surface area contributed by atoms with Gasteiger partial charge in [-0.15, -0.1) is 0 Å². The summed E-state index contributed by atoms with van der Waals surface area (Å²) in [5.41, 5.74) is 2.55. The van der Waals surface area contributed by atoms with Gasteiger partial charge in [-0.1, -0.05) is 6.07 Å². The summed E-state index contributed by atoms with van der Waals surface area (Å²) in [6, 6.07) is 7.88. The molecule has 0 spiro atoms. The van der Waals surface area contributed by atoms with Gasteiger partial charge in [0.1, 0.15) is 0 Å².